The third kappa shape index (κ3) is 2.56. The second-order valence-corrected chi connectivity index (χ2v) is 5.47. The second-order valence-electron chi connectivity index (χ2n) is 5.06. The van der Waals surface area contributed by atoms with Gasteiger partial charge in [-0.25, -0.2) is 4.79 Å². The zero-order valence-electron chi connectivity index (χ0n) is 11.8. The van der Waals surface area contributed by atoms with Crippen molar-refractivity contribution in [3.63, 3.8) is 0 Å². The van der Waals surface area contributed by atoms with E-state index in [4.69, 9.17) is 21.7 Å². The summed E-state index contributed by atoms with van der Waals surface area (Å²) in [7, 11) is 1.65. The van der Waals surface area contributed by atoms with E-state index in [0.717, 1.165) is 23.4 Å². The van der Waals surface area contributed by atoms with Gasteiger partial charge in [-0.15, -0.1) is 0 Å². The lowest BCUT2D eigenvalue weighted by atomic mass is 9.97. The highest BCUT2D eigenvalue weighted by Crippen LogP contribution is 2.33. The number of rotatable bonds is 2. The molecule has 0 amide bonds. The van der Waals surface area contributed by atoms with Gasteiger partial charge in [-0.1, -0.05) is 18.3 Å². The molecule has 3 rings (SSSR count). The third-order valence-electron chi connectivity index (χ3n) is 3.54. The molecular formula is C16H15NO3S. The molecule has 0 radical (unpaired) electrons. The Labute approximate surface area is 127 Å². The number of aromatic nitrogens is 1. The number of hydrogen-bond donors (Lipinski definition) is 1. The number of cyclic esters (lactones) is 1. The molecule has 0 spiro atoms. The fourth-order valence-corrected chi connectivity index (χ4v) is 2.86. The number of H-pyrrole nitrogens is 1. The van der Waals surface area contributed by atoms with Crippen LogP contribution in [0.15, 0.2) is 36.1 Å². The summed E-state index contributed by atoms with van der Waals surface area (Å²) >= 11 is 5.21. The van der Waals surface area contributed by atoms with Crippen molar-refractivity contribution in [1.29, 1.82) is 0 Å². The highest BCUT2D eigenvalue weighted by atomic mass is 32.1. The van der Waals surface area contributed by atoms with Crippen LogP contribution in [0, 0.1) is 17.5 Å². The lowest BCUT2D eigenvalue weighted by Crippen LogP contribution is -1.99. The summed E-state index contributed by atoms with van der Waals surface area (Å²) in [6.45, 7) is 1.91. The molecule has 1 aromatic rings. The van der Waals surface area contributed by atoms with Gasteiger partial charge in [0.15, 0.2) is 0 Å². The van der Waals surface area contributed by atoms with Crippen LogP contribution in [0.1, 0.15) is 28.0 Å². The Morgan fingerprint density at radius 1 is 1.52 bits per heavy atom. The predicted molar refractivity (Wildman–Crippen MR) is 82.1 cm³/mol. The normalized spacial score (nSPS) is 22.0. The molecule has 1 aliphatic carbocycles. The van der Waals surface area contributed by atoms with Crippen LogP contribution in [0.4, 0.5) is 0 Å². The van der Waals surface area contributed by atoms with Gasteiger partial charge < -0.3 is 14.5 Å². The lowest BCUT2D eigenvalue weighted by molar-refractivity contribution is 0.0714. The van der Waals surface area contributed by atoms with Crippen LogP contribution < -0.4 is 0 Å². The zero-order chi connectivity index (χ0) is 15.0. The van der Waals surface area contributed by atoms with Crippen molar-refractivity contribution in [1.82, 2.24) is 4.98 Å². The van der Waals surface area contributed by atoms with Gasteiger partial charge in [0.05, 0.1) is 7.11 Å². The van der Waals surface area contributed by atoms with Crippen LogP contribution in [-0.2, 0) is 9.47 Å². The van der Waals surface area contributed by atoms with Crippen molar-refractivity contribution in [2.75, 3.05) is 7.11 Å². The van der Waals surface area contributed by atoms with Crippen molar-refractivity contribution < 1.29 is 14.3 Å². The topological polar surface area (TPSA) is 51.3 Å². The van der Waals surface area contributed by atoms with Crippen molar-refractivity contribution in [3.8, 4) is 0 Å². The Bertz CT molecular complexity index is 755. The average molecular weight is 301 g/mol. The minimum absolute atomic E-state index is 0.177. The lowest BCUT2D eigenvalue weighted by Gasteiger charge is -2.12. The summed E-state index contributed by atoms with van der Waals surface area (Å²) in [5.74, 6) is 1.23. The van der Waals surface area contributed by atoms with Crippen molar-refractivity contribution in [2.24, 2.45) is 5.92 Å². The molecule has 2 aliphatic rings. The van der Waals surface area contributed by atoms with Crippen molar-refractivity contribution >= 4 is 23.9 Å². The Hall–Kier alpha value is -2.14. The molecule has 1 atom stereocenters. The smallest absolute Gasteiger partial charge is 0.347 e. The number of ether oxygens (including phenoxy) is 2. The van der Waals surface area contributed by atoms with Crippen LogP contribution in [0.3, 0.4) is 0 Å². The van der Waals surface area contributed by atoms with E-state index in [0.29, 0.717) is 16.0 Å². The van der Waals surface area contributed by atoms with E-state index in [1.807, 2.05) is 37.3 Å². The summed E-state index contributed by atoms with van der Waals surface area (Å²) in [4.78, 5) is 14.9. The Morgan fingerprint density at radius 3 is 3.00 bits per heavy atom. The molecule has 1 unspecified atom stereocenters. The number of nitrogens with one attached hydrogen (secondary N) is 1. The van der Waals surface area contributed by atoms with Crippen molar-refractivity contribution in [3.05, 3.63) is 57.6 Å². The van der Waals surface area contributed by atoms with E-state index in [2.05, 4.69) is 4.98 Å². The molecular weight excluding hydrogens is 286 g/mol. The van der Waals surface area contributed by atoms with Gasteiger partial charge in [-0.2, -0.15) is 0 Å². The minimum atomic E-state index is -0.384. The van der Waals surface area contributed by atoms with Crippen molar-refractivity contribution in [2.45, 2.75) is 13.3 Å². The first-order valence-electron chi connectivity index (χ1n) is 6.69. The fourth-order valence-electron chi connectivity index (χ4n) is 2.50. The fraction of sp³-hybridized carbons (Fsp3) is 0.250. The van der Waals surface area contributed by atoms with Crippen LogP contribution >= 0.6 is 12.2 Å². The summed E-state index contributed by atoms with van der Waals surface area (Å²) < 4.78 is 11.0. The van der Waals surface area contributed by atoms with E-state index in [9.17, 15) is 4.79 Å². The van der Waals surface area contributed by atoms with E-state index >= 15 is 0 Å². The molecule has 1 aliphatic heterocycles. The van der Waals surface area contributed by atoms with E-state index < -0.39 is 0 Å². The number of aryl methyl sites for hydroxylation is 1. The summed E-state index contributed by atoms with van der Waals surface area (Å²) in [5.41, 5.74) is 2.13. The predicted octanol–water partition coefficient (Wildman–Crippen LogP) is 3.67. The molecule has 0 saturated heterocycles. The zero-order valence-corrected chi connectivity index (χ0v) is 12.6. The van der Waals surface area contributed by atoms with E-state index in [1.165, 1.54) is 0 Å². The summed E-state index contributed by atoms with van der Waals surface area (Å²) in [6.07, 6.45) is 8.74. The number of aromatic amines is 1. The first kappa shape index (κ1) is 13.8. The largest absolute Gasteiger partial charge is 0.497 e. The number of pyridine rings is 1. The molecule has 1 N–H and O–H groups in total. The number of allylic oxidation sites excluding steroid dienone is 4. The maximum Gasteiger partial charge on any atom is 0.347 e. The molecule has 108 valence electrons. The first-order valence-corrected chi connectivity index (χ1v) is 7.10. The number of carbonyl (C=O) groups excluding carboxylic acids is 1. The molecule has 0 saturated carbocycles. The average Bonchev–Trinajstić information content (AvgIpc) is 2.76. The standard InChI is InChI=1S/C16H15NO3S/c1-9-7-12-13(20-16(18)14(12)15(21)17-9)8-10-3-5-11(19-2)6-4-10/h3,5-8,10H,4H2,1-2H3,(H,17,21)/b13-8-. The summed E-state index contributed by atoms with van der Waals surface area (Å²) in [5, 5.41) is 0. The van der Waals surface area contributed by atoms with Gasteiger partial charge in [0, 0.05) is 17.2 Å². The molecule has 5 heteroatoms. The highest BCUT2D eigenvalue weighted by Gasteiger charge is 2.29. The van der Waals surface area contributed by atoms with Gasteiger partial charge in [0.25, 0.3) is 0 Å². The third-order valence-corrected chi connectivity index (χ3v) is 3.85. The Morgan fingerprint density at radius 2 is 2.33 bits per heavy atom. The molecule has 2 heterocycles. The maximum absolute atomic E-state index is 11.9. The number of hydrogen-bond acceptors (Lipinski definition) is 4. The van der Waals surface area contributed by atoms with Crippen LogP contribution in [0.25, 0.3) is 5.76 Å². The SMILES string of the molecule is COC1=CCC(/C=C2\OC(=O)c3c2cc(C)[nH]c3=S)C=C1. The first-order chi connectivity index (χ1) is 10.1. The van der Waals surface area contributed by atoms with Gasteiger partial charge in [-0.3, -0.25) is 0 Å². The Kier molecular flexibility index (Phi) is 3.51. The number of methoxy groups -OCH3 is 1. The summed E-state index contributed by atoms with van der Waals surface area (Å²) in [6, 6.07) is 1.89. The number of fused-ring (bicyclic) bond motifs is 1. The monoisotopic (exact) mass is 301 g/mol. The maximum atomic E-state index is 11.9. The molecule has 0 fully saturated rings. The molecule has 21 heavy (non-hydrogen) atoms. The minimum Gasteiger partial charge on any atom is -0.497 e. The second kappa shape index (κ2) is 5.33. The molecule has 4 nitrogen and oxygen atoms in total. The molecule has 0 aromatic carbocycles. The number of carbonyl (C=O) groups is 1. The number of esters is 1. The van der Waals surface area contributed by atoms with Gasteiger partial charge in [0.1, 0.15) is 21.7 Å². The highest BCUT2D eigenvalue weighted by molar-refractivity contribution is 7.71. The van der Waals surface area contributed by atoms with E-state index in [1.54, 1.807) is 7.11 Å². The molecule has 1 aromatic heterocycles. The van der Waals surface area contributed by atoms with E-state index in [-0.39, 0.29) is 11.9 Å². The van der Waals surface area contributed by atoms with Gasteiger partial charge in [0.2, 0.25) is 0 Å². The van der Waals surface area contributed by atoms with Crippen LogP contribution in [0.2, 0.25) is 0 Å². The quantitative estimate of drug-likeness (QED) is 0.669. The van der Waals surface area contributed by atoms with Crippen LogP contribution in [0.5, 0.6) is 0 Å². The van der Waals surface area contributed by atoms with Gasteiger partial charge in [-0.05, 0) is 37.6 Å². The van der Waals surface area contributed by atoms with Gasteiger partial charge >= 0.3 is 5.97 Å². The Balaban J connectivity index is 1.95. The molecule has 0 bridgehead atoms. The van der Waals surface area contributed by atoms with Crippen LogP contribution in [-0.4, -0.2) is 18.1 Å².